The van der Waals surface area contributed by atoms with Crippen LogP contribution >= 0.6 is 0 Å². The summed E-state index contributed by atoms with van der Waals surface area (Å²) in [5, 5.41) is 4.18. The maximum atomic E-state index is 5.80. The van der Waals surface area contributed by atoms with E-state index in [1.165, 1.54) is 38.5 Å². The molecule has 0 spiro atoms. The fourth-order valence-electron chi connectivity index (χ4n) is 3.14. The monoisotopic (exact) mass is 265 g/mol. The fraction of sp³-hybridized carbons (Fsp3) is 0.857. The summed E-state index contributed by atoms with van der Waals surface area (Å²) in [5.74, 6) is 2.01. The third kappa shape index (κ3) is 2.98. The minimum Gasteiger partial charge on any atom is -0.364 e. The molecule has 1 aromatic heterocycles. The van der Waals surface area contributed by atoms with Crippen LogP contribution in [0, 0.1) is 0 Å². The maximum Gasteiger partial charge on any atom is 0.255 e. The first-order chi connectivity index (χ1) is 9.36. The average Bonchev–Trinajstić information content (AvgIpc) is 3.02. The highest BCUT2D eigenvalue weighted by atomic mass is 16.5. The highest BCUT2D eigenvalue weighted by Gasteiger charge is 2.31. The first kappa shape index (κ1) is 13.1. The molecule has 1 saturated heterocycles. The molecule has 0 bridgehead atoms. The van der Waals surface area contributed by atoms with Crippen LogP contribution in [-0.4, -0.2) is 22.8 Å². The zero-order valence-corrected chi connectivity index (χ0v) is 11.4. The number of aromatic nitrogens is 2. The molecule has 2 atom stereocenters. The van der Waals surface area contributed by atoms with Crippen molar-refractivity contribution in [2.45, 2.75) is 69.5 Å². The quantitative estimate of drug-likeness (QED) is 0.850. The molecule has 1 aliphatic heterocycles. The third-order valence-electron chi connectivity index (χ3n) is 4.32. The summed E-state index contributed by atoms with van der Waals surface area (Å²) < 4.78 is 11.2. The molecule has 2 N–H and O–H groups in total. The summed E-state index contributed by atoms with van der Waals surface area (Å²) >= 11 is 0. The smallest absolute Gasteiger partial charge is 0.255 e. The summed E-state index contributed by atoms with van der Waals surface area (Å²) in [7, 11) is 0. The lowest BCUT2D eigenvalue weighted by atomic mass is 10.00. The molecule has 2 heterocycles. The van der Waals surface area contributed by atoms with Gasteiger partial charge in [0.2, 0.25) is 0 Å². The van der Waals surface area contributed by atoms with Gasteiger partial charge in [0.25, 0.3) is 5.89 Å². The minimum atomic E-state index is -0.0411. The largest absolute Gasteiger partial charge is 0.364 e. The summed E-state index contributed by atoms with van der Waals surface area (Å²) in [6.07, 6.45) is 9.66. The highest BCUT2D eigenvalue weighted by Crippen LogP contribution is 2.34. The van der Waals surface area contributed by atoms with Crippen molar-refractivity contribution in [3.05, 3.63) is 11.7 Å². The van der Waals surface area contributed by atoms with Gasteiger partial charge in [0.15, 0.2) is 5.82 Å². The molecule has 3 rings (SSSR count). The zero-order chi connectivity index (χ0) is 13.1. The Morgan fingerprint density at radius 1 is 1.05 bits per heavy atom. The molecular formula is C14H23N3O2. The van der Waals surface area contributed by atoms with Gasteiger partial charge in [0, 0.05) is 12.5 Å². The molecule has 106 valence electrons. The van der Waals surface area contributed by atoms with Crippen molar-refractivity contribution in [2.75, 3.05) is 6.54 Å². The number of hydrogen-bond acceptors (Lipinski definition) is 5. The third-order valence-corrected chi connectivity index (χ3v) is 4.32. The lowest BCUT2D eigenvalue weighted by Gasteiger charge is -2.08. The topological polar surface area (TPSA) is 74.2 Å². The highest BCUT2D eigenvalue weighted by molar-refractivity contribution is 4.99. The molecule has 1 aliphatic carbocycles. The molecule has 19 heavy (non-hydrogen) atoms. The van der Waals surface area contributed by atoms with Crippen LogP contribution in [0.15, 0.2) is 4.52 Å². The second-order valence-electron chi connectivity index (χ2n) is 5.74. The second-order valence-corrected chi connectivity index (χ2v) is 5.74. The van der Waals surface area contributed by atoms with E-state index in [0.717, 1.165) is 18.7 Å². The van der Waals surface area contributed by atoms with Gasteiger partial charge in [-0.05, 0) is 25.7 Å². The van der Waals surface area contributed by atoms with Crippen molar-refractivity contribution < 1.29 is 9.26 Å². The molecule has 5 heteroatoms. The molecule has 2 fully saturated rings. The van der Waals surface area contributed by atoms with Gasteiger partial charge in [-0.1, -0.05) is 30.8 Å². The Bertz CT molecular complexity index is 399. The molecule has 0 amide bonds. The van der Waals surface area contributed by atoms with Crippen LogP contribution in [-0.2, 0) is 4.74 Å². The zero-order valence-electron chi connectivity index (χ0n) is 11.4. The Hall–Kier alpha value is -0.940. The SMILES string of the molecule is NCC1CCC(c2nc(C3CCCCCC3)no2)O1. The summed E-state index contributed by atoms with van der Waals surface area (Å²) in [5.41, 5.74) is 5.62. The second kappa shape index (κ2) is 6.01. The molecule has 5 nitrogen and oxygen atoms in total. The van der Waals surface area contributed by atoms with E-state index in [9.17, 15) is 0 Å². The van der Waals surface area contributed by atoms with E-state index in [-0.39, 0.29) is 12.2 Å². The van der Waals surface area contributed by atoms with Crippen LogP contribution < -0.4 is 5.73 Å². The lowest BCUT2D eigenvalue weighted by Crippen LogP contribution is -2.18. The number of nitrogens with zero attached hydrogens (tertiary/aromatic N) is 2. The van der Waals surface area contributed by atoms with E-state index in [0.29, 0.717) is 18.4 Å². The normalized spacial score (nSPS) is 29.5. The maximum absolute atomic E-state index is 5.80. The van der Waals surface area contributed by atoms with Crippen molar-refractivity contribution >= 4 is 0 Å². The van der Waals surface area contributed by atoms with E-state index < -0.39 is 0 Å². The molecule has 1 saturated carbocycles. The number of rotatable bonds is 3. The fourth-order valence-corrected chi connectivity index (χ4v) is 3.14. The van der Waals surface area contributed by atoms with Gasteiger partial charge in [-0.25, -0.2) is 0 Å². The van der Waals surface area contributed by atoms with Crippen LogP contribution in [0.25, 0.3) is 0 Å². The predicted octanol–water partition coefficient (Wildman–Crippen LogP) is 2.69. The molecule has 0 radical (unpaired) electrons. The Morgan fingerprint density at radius 2 is 1.84 bits per heavy atom. The van der Waals surface area contributed by atoms with Gasteiger partial charge in [0.1, 0.15) is 6.10 Å². The van der Waals surface area contributed by atoms with Crippen molar-refractivity contribution in [1.82, 2.24) is 10.1 Å². The van der Waals surface area contributed by atoms with Crippen LogP contribution in [0.2, 0.25) is 0 Å². The summed E-state index contributed by atoms with van der Waals surface area (Å²) in [6, 6.07) is 0. The standard InChI is InChI=1S/C14H23N3O2/c15-9-11-7-8-12(18-11)14-16-13(17-19-14)10-5-3-1-2-4-6-10/h10-12H,1-9,15H2. The first-order valence-corrected chi connectivity index (χ1v) is 7.56. The lowest BCUT2D eigenvalue weighted by molar-refractivity contribution is 0.0307. The van der Waals surface area contributed by atoms with Crippen LogP contribution in [0.3, 0.4) is 0 Å². The van der Waals surface area contributed by atoms with Crippen LogP contribution in [0.4, 0.5) is 0 Å². The molecule has 2 unspecified atom stereocenters. The minimum absolute atomic E-state index is 0.0411. The average molecular weight is 265 g/mol. The predicted molar refractivity (Wildman–Crippen MR) is 70.6 cm³/mol. The number of nitrogens with two attached hydrogens (primary N) is 1. The van der Waals surface area contributed by atoms with Crippen molar-refractivity contribution in [1.29, 1.82) is 0 Å². The number of ether oxygens (including phenoxy) is 1. The van der Waals surface area contributed by atoms with Gasteiger partial charge in [-0.3, -0.25) is 0 Å². The van der Waals surface area contributed by atoms with E-state index in [1.54, 1.807) is 0 Å². The van der Waals surface area contributed by atoms with E-state index in [4.69, 9.17) is 15.0 Å². The number of hydrogen-bond donors (Lipinski definition) is 1. The van der Waals surface area contributed by atoms with Crippen molar-refractivity contribution in [3.63, 3.8) is 0 Å². The summed E-state index contributed by atoms with van der Waals surface area (Å²) in [4.78, 5) is 4.58. The van der Waals surface area contributed by atoms with Gasteiger partial charge in [0.05, 0.1) is 6.10 Å². The summed E-state index contributed by atoms with van der Waals surface area (Å²) in [6.45, 7) is 0.570. The molecule has 1 aromatic rings. The van der Waals surface area contributed by atoms with Gasteiger partial charge < -0.3 is 15.0 Å². The van der Waals surface area contributed by atoms with E-state index in [2.05, 4.69) is 10.1 Å². The van der Waals surface area contributed by atoms with Gasteiger partial charge in [-0.2, -0.15) is 4.98 Å². The molecular weight excluding hydrogens is 242 g/mol. The van der Waals surface area contributed by atoms with Gasteiger partial charge in [-0.15, -0.1) is 0 Å². The Morgan fingerprint density at radius 3 is 2.53 bits per heavy atom. The van der Waals surface area contributed by atoms with Crippen molar-refractivity contribution in [2.24, 2.45) is 5.73 Å². The Kier molecular flexibility index (Phi) is 4.13. The first-order valence-electron chi connectivity index (χ1n) is 7.56. The van der Waals surface area contributed by atoms with Crippen molar-refractivity contribution in [3.8, 4) is 0 Å². The van der Waals surface area contributed by atoms with Crippen LogP contribution in [0.5, 0.6) is 0 Å². The Balaban J connectivity index is 1.65. The molecule has 2 aliphatic rings. The molecule has 0 aromatic carbocycles. The van der Waals surface area contributed by atoms with E-state index >= 15 is 0 Å². The van der Waals surface area contributed by atoms with E-state index in [1.807, 2.05) is 0 Å². The Labute approximate surface area is 113 Å². The van der Waals surface area contributed by atoms with Crippen LogP contribution in [0.1, 0.15) is 75.1 Å². The van der Waals surface area contributed by atoms with Gasteiger partial charge >= 0.3 is 0 Å².